The number of nitrogens with one attached hydrogen (secondary N) is 1. The molecule has 1 atom stereocenters. The van der Waals surface area contributed by atoms with Crippen molar-refractivity contribution in [2.24, 2.45) is 0 Å². The lowest BCUT2D eigenvalue weighted by Crippen LogP contribution is -2.34. The highest BCUT2D eigenvalue weighted by Crippen LogP contribution is 2.29. The predicted molar refractivity (Wildman–Crippen MR) is 114 cm³/mol. The van der Waals surface area contributed by atoms with E-state index in [1.807, 2.05) is 35.0 Å². The summed E-state index contributed by atoms with van der Waals surface area (Å²) in [5, 5.41) is 5.02. The van der Waals surface area contributed by atoms with Gasteiger partial charge in [-0.25, -0.2) is 4.98 Å². The van der Waals surface area contributed by atoms with Gasteiger partial charge in [-0.15, -0.1) is 11.8 Å². The first-order chi connectivity index (χ1) is 14.2. The van der Waals surface area contributed by atoms with Crippen LogP contribution in [0.25, 0.3) is 10.9 Å². The molecule has 7 heteroatoms. The van der Waals surface area contributed by atoms with Crippen LogP contribution < -0.4 is 10.1 Å². The van der Waals surface area contributed by atoms with Gasteiger partial charge in [-0.05, 0) is 42.7 Å². The molecule has 152 valence electrons. The van der Waals surface area contributed by atoms with Crippen LogP contribution in [0.1, 0.15) is 18.4 Å². The Labute approximate surface area is 174 Å². The molecule has 1 fully saturated rings. The molecule has 1 amide bonds. The quantitative estimate of drug-likeness (QED) is 0.574. The van der Waals surface area contributed by atoms with Crippen molar-refractivity contribution in [1.29, 1.82) is 0 Å². The number of ether oxygens (including phenoxy) is 2. The highest BCUT2D eigenvalue weighted by molar-refractivity contribution is 7.98. The van der Waals surface area contributed by atoms with E-state index in [0.717, 1.165) is 46.9 Å². The van der Waals surface area contributed by atoms with E-state index in [4.69, 9.17) is 9.47 Å². The maximum atomic E-state index is 12.3. The number of carbonyl (C=O) groups is 1. The maximum absolute atomic E-state index is 12.3. The molecule has 1 saturated heterocycles. The predicted octanol–water partition coefficient (Wildman–Crippen LogP) is 3.63. The lowest BCUT2D eigenvalue weighted by molar-refractivity contribution is -0.122. The molecular weight excluding hydrogens is 386 g/mol. The molecule has 2 aromatic heterocycles. The van der Waals surface area contributed by atoms with Crippen LogP contribution in [0.15, 0.2) is 53.8 Å². The van der Waals surface area contributed by atoms with Gasteiger partial charge in [0.2, 0.25) is 5.91 Å². The Hall–Kier alpha value is -2.51. The van der Waals surface area contributed by atoms with Crippen molar-refractivity contribution < 1.29 is 14.3 Å². The number of pyridine rings is 1. The third-order valence-corrected chi connectivity index (χ3v) is 6.14. The molecular formula is C22H25N3O3S. The van der Waals surface area contributed by atoms with Gasteiger partial charge in [0.05, 0.1) is 18.7 Å². The fourth-order valence-electron chi connectivity index (χ4n) is 3.47. The summed E-state index contributed by atoms with van der Waals surface area (Å²) in [6.07, 6.45) is 6.01. The third-order valence-electron chi connectivity index (χ3n) is 5.06. The van der Waals surface area contributed by atoms with Gasteiger partial charge >= 0.3 is 0 Å². The molecule has 0 radical (unpaired) electrons. The van der Waals surface area contributed by atoms with E-state index in [2.05, 4.69) is 22.4 Å². The van der Waals surface area contributed by atoms with Gasteiger partial charge in [0.1, 0.15) is 17.3 Å². The highest BCUT2D eigenvalue weighted by Gasteiger charge is 2.16. The van der Waals surface area contributed by atoms with Crippen molar-refractivity contribution in [2.45, 2.75) is 36.3 Å². The lowest BCUT2D eigenvalue weighted by Gasteiger charge is -2.11. The average Bonchev–Trinajstić information content (AvgIpc) is 3.42. The zero-order valence-corrected chi connectivity index (χ0v) is 17.3. The average molecular weight is 412 g/mol. The summed E-state index contributed by atoms with van der Waals surface area (Å²) in [4.78, 5) is 16.9. The second-order valence-corrected chi connectivity index (χ2v) is 8.03. The molecule has 4 rings (SSSR count). The molecule has 0 aliphatic carbocycles. The van der Waals surface area contributed by atoms with Gasteiger partial charge < -0.3 is 19.4 Å². The monoisotopic (exact) mass is 411 g/mol. The molecule has 3 heterocycles. The number of benzene rings is 1. The number of carbonyl (C=O) groups excluding carboxylic acids is 1. The molecule has 6 nitrogen and oxygen atoms in total. The summed E-state index contributed by atoms with van der Waals surface area (Å²) < 4.78 is 12.7. The van der Waals surface area contributed by atoms with Crippen LogP contribution in [0.3, 0.4) is 0 Å². The Morgan fingerprint density at radius 3 is 2.93 bits per heavy atom. The van der Waals surface area contributed by atoms with E-state index in [-0.39, 0.29) is 12.0 Å². The zero-order chi connectivity index (χ0) is 20.1. The molecule has 0 spiro atoms. The first kappa shape index (κ1) is 19.8. The van der Waals surface area contributed by atoms with E-state index < -0.39 is 0 Å². The fourth-order valence-corrected chi connectivity index (χ4v) is 4.43. The number of nitrogens with zero attached hydrogens (tertiary/aromatic N) is 2. The van der Waals surface area contributed by atoms with Crippen LogP contribution >= 0.6 is 11.8 Å². The van der Waals surface area contributed by atoms with Crippen molar-refractivity contribution in [3.63, 3.8) is 0 Å². The van der Waals surface area contributed by atoms with Gasteiger partial charge in [-0.1, -0.05) is 12.1 Å². The zero-order valence-electron chi connectivity index (χ0n) is 16.5. The largest absolute Gasteiger partial charge is 0.497 e. The number of amides is 1. The van der Waals surface area contributed by atoms with Gasteiger partial charge in [-0.2, -0.15) is 0 Å². The summed E-state index contributed by atoms with van der Waals surface area (Å²) in [7, 11) is 1.67. The minimum atomic E-state index is 0.00208. The van der Waals surface area contributed by atoms with Crippen LogP contribution in [0.2, 0.25) is 0 Å². The summed E-state index contributed by atoms with van der Waals surface area (Å²) in [6, 6.07) is 12.1. The summed E-state index contributed by atoms with van der Waals surface area (Å²) in [5.41, 5.74) is 2.23. The van der Waals surface area contributed by atoms with Crippen LogP contribution in [-0.2, 0) is 21.8 Å². The van der Waals surface area contributed by atoms with Gasteiger partial charge in [0.15, 0.2) is 0 Å². The third kappa shape index (κ3) is 4.92. The van der Waals surface area contributed by atoms with E-state index in [0.29, 0.717) is 13.1 Å². The summed E-state index contributed by atoms with van der Waals surface area (Å²) >= 11 is 1.69. The SMILES string of the molecule is COc1ccc(CSc2nccc3c2ccn3CC(=O)NCC2CCCO2)cc1. The number of fused-ring (bicyclic) bond motifs is 1. The number of rotatable bonds is 8. The molecule has 1 aliphatic rings. The Kier molecular flexibility index (Phi) is 6.36. The van der Waals surface area contributed by atoms with E-state index in [1.165, 1.54) is 5.56 Å². The molecule has 1 unspecified atom stereocenters. The Morgan fingerprint density at radius 1 is 1.31 bits per heavy atom. The van der Waals surface area contributed by atoms with Gasteiger partial charge in [0, 0.05) is 36.7 Å². The fraction of sp³-hybridized carbons (Fsp3) is 0.364. The van der Waals surface area contributed by atoms with Gasteiger partial charge in [-0.3, -0.25) is 4.79 Å². The van der Waals surface area contributed by atoms with Crippen LogP contribution in [0.4, 0.5) is 0 Å². The molecule has 0 bridgehead atoms. The van der Waals surface area contributed by atoms with Crippen LogP contribution in [0.5, 0.6) is 5.75 Å². The Bertz CT molecular complexity index is 965. The van der Waals surface area contributed by atoms with E-state index in [1.54, 1.807) is 25.1 Å². The lowest BCUT2D eigenvalue weighted by atomic mass is 10.2. The van der Waals surface area contributed by atoms with E-state index >= 15 is 0 Å². The van der Waals surface area contributed by atoms with Crippen molar-refractivity contribution in [2.75, 3.05) is 20.3 Å². The molecule has 1 aromatic carbocycles. The number of hydrogen-bond donors (Lipinski definition) is 1. The highest BCUT2D eigenvalue weighted by atomic mass is 32.2. The number of aromatic nitrogens is 2. The Balaban J connectivity index is 1.39. The number of hydrogen-bond acceptors (Lipinski definition) is 5. The van der Waals surface area contributed by atoms with Crippen molar-refractivity contribution in [3.05, 3.63) is 54.4 Å². The topological polar surface area (TPSA) is 65.4 Å². The van der Waals surface area contributed by atoms with Crippen LogP contribution in [-0.4, -0.2) is 41.8 Å². The standard InChI is InChI=1S/C22H25N3O3S/c1-27-17-6-4-16(5-7-17)15-29-22-19-9-11-25(20(19)8-10-23-22)14-21(26)24-13-18-3-2-12-28-18/h4-11,18H,2-3,12-15H2,1H3,(H,24,26). The number of thioether (sulfide) groups is 1. The molecule has 1 aliphatic heterocycles. The molecule has 0 saturated carbocycles. The first-order valence-corrected chi connectivity index (χ1v) is 10.8. The molecule has 29 heavy (non-hydrogen) atoms. The van der Waals surface area contributed by atoms with Crippen molar-refractivity contribution >= 4 is 28.6 Å². The Morgan fingerprint density at radius 2 is 2.17 bits per heavy atom. The maximum Gasteiger partial charge on any atom is 0.240 e. The molecule has 1 N–H and O–H groups in total. The molecule has 3 aromatic rings. The second kappa shape index (κ2) is 9.33. The smallest absolute Gasteiger partial charge is 0.240 e. The second-order valence-electron chi connectivity index (χ2n) is 7.07. The van der Waals surface area contributed by atoms with Gasteiger partial charge in [0.25, 0.3) is 0 Å². The van der Waals surface area contributed by atoms with Crippen LogP contribution in [0, 0.1) is 0 Å². The number of methoxy groups -OCH3 is 1. The van der Waals surface area contributed by atoms with E-state index in [9.17, 15) is 4.79 Å². The summed E-state index contributed by atoms with van der Waals surface area (Å²) in [5.74, 6) is 1.68. The van der Waals surface area contributed by atoms with Crippen molar-refractivity contribution in [1.82, 2.24) is 14.9 Å². The minimum Gasteiger partial charge on any atom is -0.497 e. The normalized spacial score (nSPS) is 16.2. The minimum absolute atomic E-state index is 0.00208. The summed E-state index contributed by atoms with van der Waals surface area (Å²) in [6.45, 7) is 1.68. The first-order valence-electron chi connectivity index (χ1n) is 9.81. The van der Waals surface area contributed by atoms with Crippen molar-refractivity contribution in [3.8, 4) is 5.75 Å².